The minimum absolute atomic E-state index is 0.151. The summed E-state index contributed by atoms with van der Waals surface area (Å²) in [7, 11) is 0. The quantitative estimate of drug-likeness (QED) is 0.0291. The first kappa shape index (κ1) is 63.5. The second-order valence-corrected chi connectivity index (χ2v) is 17.5. The van der Waals surface area contributed by atoms with Crippen LogP contribution in [0.2, 0.25) is 0 Å². The van der Waals surface area contributed by atoms with Crippen LogP contribution in [0, 0.1) is 17.8 Å². The smallest absolute Gasteiger partial charge is 0.326 e. The fraction of sp³-hybridized carbons (Fsp3) is 0.659. The van der Waals surface area contributed by atoms with Crippen molar-refractivity contribution < 1.29 is 97.8 Å². The molecule has 10 atom stereocenters. The molecule has 18 N–H and O–H groups in total. The van der Waals surface area contributed by atoms with E-state index in [2.05, 4.69) is 37.2 Å². The van der Waals surface area contributed by atoms with Crippen molar-refractivity contribution in [2.45, 2.75) is 154 Å². The molecule has 0 bridgehead atoms. The number of aliphatic hydroxyl groups excluding tert-OH is 1. The highest BCUT2D eigenvalue weighted by molar-refractivity contribution is 6.00. The lowest BCUT2D eigenvalue weighted by molar-refractivity contribution is -0.148. The van der Waals surface area contributed by atoms with E-state index < -0.39 is 194 Å². The standard InChI is InChI=1S/C41H66N10O20/c1-15(2)10-21(35(64)46-22(12-27(56)57)36(65)48-24(41(70)71)14-29(60)61)47-38(67)30(16(3)4)50-39(68)31(17(5)6)49-37(66)23(13-28(58)59)45-34(63)20(8-9-26(54)55)44-40(69)32(18(7)52)51-33(62)19(42)11-25(43)53/h15-24,30-32,52H,8-14,42H2,1-7H3,(H2,43,53)(H,44,69)(H,45,63)(H,46,64)(H,47,67)(H,48,65)(H,49,66)(H,50,68)(H,51,62)(H,54,55)(H,56,57)(H,58,59)(H,60,61)(H,70,71)/t18-,19+,20+,21+,22+,23+,24+,30+,31+,32+/m1/s1. The number of nitrogens with two attached hydrogens (primary N) is 2. The van der Waals surface area contributed by atoms with Crippen LogP contribution in [0.1, 0.15) is 93.4 Å². The maximum Gasteiger partial charge on any atom is 0.326 e. The molecule has 0 heterocycles. The van der Waals surface area contributed by atoms with Crippen molar-refractivity contribution in [3.63, 3.8) is 0 Å². The van der Waals surface area contributed by atoms with E-state index in [4.69, 9.17) is 16.6 Å². The van der Waals surface area contributed by atoms with Gasteiger partial charge < -0.3 is 84.6 Å². The molecule has 0 aliphatic carbocycles. The van der Waals surface area contributed by atoms with E-state index in [0.29, 0.717) is 0 Å². The van der Waals surface area contributed by atoms with Gasteiger partial charge in [0.15, 0.2) is 0 Å². The van der Waals surface area contributed by atoms with Gasteiger partial charge in [0.1, 0.15) is 48.3 Å². The lowest BCUT2D eigenvalue weighted by Gasteiger charge is -2.30. The van der Waals surface area contributed by atoms with Crippen LogP contribution in [0.5, 0.6) is 0 Å². The van der Waals surface area contributed by atoms with Crippen LogP contribution in [0.25, 0.3) is 0 Å². The van der Waals surface area contributed by atoms with Crippen LogP contribution in [0.3, 0.4) is 0 Å². The molecule has 0 aromatic heterocycles. The minimum atomic E-state index is -2.03. The molecular formula is C41H66N10O20. The summed E-state index contributed by atoms with van der Waals surface area (Å²) in [5, 5.41) is 74.4. The summed E-state index contributed by atoms with van der Waals surface area (Å²) in [6.07, 6.45) is -7.33. The zero-order valence-electron chi connectivity index (χ0n) is 40.0. The van der Waals surface area contributed by atoms with Gasteiger partial charge in [0.2, 0.25) is 53.2 Å². The summed E-state index contributed by atoms with van der Waals surface area (Å²) >= 11 is 0. The molecule has 0 aliphatic rings. The third kappa shape index (κ3) is 24.1. The van der Waals surface area contributed by atoms with Gasteiger partial charge in [0, 0.05) is 6.42 Å². The van der Waals surface area contributed by atoms with Crippen LogP contribution >= 0.6 is 0 Å². The van der Waals surface area contributed by atoms with E-state index in [9.17, 15) is 92.7 Å². The van der Waals surface area contributed by atoms with Gasteiger partial charge in [-0.15, -0.1) is 0 Å². The summed E-state index contributed by atoms with van der Waals surface area (Å²) in [6, 6.07) is -15.9. The molecule has 30 heteroatoms. The number of amides is 9. The highest BCUT2D eigenvalue weighted by Crippen LogP contribution is 2.12. The van der Waals surface area contributed by atoms with Crippen molar-refractivity contribution in [3.05, 3.63) is 0 Å². The number of nitrogens with one attached hydrogen (secondary N) is 8. The monoisotopic (exact) mass is 1020 g/mol. The predicted molar refractivity (Wildman–Crippen MR) is 239 cm³/mol. The number of carbonyl (C=O) groups excluding carboxylic acids is 9. The van der Waals surface area contributed by atoms with Crippen LogP contribution in [-0.4, -0.2) is 174 Å². The molecule has 0 radical (unpaired) electrons. The highest BCUT2D eigenvalue weighted by atomic mass is 16.4. The molecule has 0 unspecified atom stereocenters. The number of hydrogen-bond acceptors (Lipinski definition) is 16. The van der Waals surface area contributed by atoms with Crippen molar-refractivity contribution in [2.75, 3.05) is 0 Å². The summed E-state index contributed by atoms with van der Waals surface area (Å²) < 4.78 is 0. The van der Waals surface area contributed by atoms with Gasteiger partial charge in [-0.25, -0.2) is 4.79 Å². The summed E-state index contributed by atoms with van der Waals surface area (Å²) in [4.78, 5) is 176. The Balaban J connectivity index is 6.56. The Hall–Kier alpha value is -7.50. The maximum atomic E-state index is 13.8. The lowest BCUT2D eigenvalue weighted by atomic mass is 9.97. The average molecular weight is 1020 g/mol. The number of primary amides is 1. The van der Waals surface area contributed by atoms with E-state index in [1.54, 1.807) is 13.8 Å². The maximum absolute atomic E-state index is 13.8. The van der Waals surface area contributed by atoms with Crippen LogP contribution < -0.4 is 54.0 Å². The molecule has 0 aromatic rings. The van der Waals surface area contributed by atoms with E-state index in [0.717, 1.165) is 6.92 Å². The van der Waals surface area contributed by atoms with Crippen molar-refractivity contribution in [3.8, 4) is 0 Å². The number of carboxylic acid groups (broad SMARTS) is 5. The molecular weight excluding hydrogens is 953 g/mol. The molecule has 0 spiro atoms. The zero-order chi connectivity index (χ0) is 55.2. The largest absolute Gasteiger partial charge is 0.481 e. The van der Waals surface area contributed by atoms with Gasteiger partial charge in [0.05, 0.1) is 37.8 Å². The van der Waals surface area contributed by atoms with E-state index in [-0.39, 0.29) is 12.3 Å². The van der Waals surface area contributed by atoms with Gasteiger partial charge in [-0.05, 0) is 37.5 Å². The summed E-state index contributed by atoms with van der Waals surface area (Å²) in [5.74, 6) is -20.7. The first-order valence-electron chi connectivity index (χ1n) is 21.9. The number of carboxylic acids is 5. The third-order valence-corrected chi connectivity index (χ3v) is 9.95. The zero-order valence-corrected chi connectivity index (χ0v) is 40.0. The fourth-order valence-corrected chi connectivity index (χ4v) is 6.26. The Morgan fingerprint density at radius 2 is 0.746 bits per heavy atom. The Labute approximate surface area is 405 Å². The van der Waals surface area contributed by atoms with Crippen molar-refractivity contribution in [1.82, 2.24) is 42.5 Å². The number of carbonyl (C=O) groups is 14. The number of rotatable bonds is 33. The van der Waals surface area contributed by atoms with Gasteiger partial charge in [-0.3, -0.25) is 62.3 Å². The first-order chi connectivity index (χ1) is 32.7. The molecule has 0 rings (SSSR count). The predicted octanol–water partition coefficient (Wildman–Crippen LogP) is -5.82. The van der Waals surface area contributed by atoms with Gasteiger partial charge in [-0.2, -0.15) is 0 Å². The molecule has 0 aromatic carbocycles. The van der Waals surface area contributed by atoms with Crippen molar-refractivity contribution >= 4 is 83.0 Å². The second kappa shape index (κ2) is 30.2. The molecule has 0 saturated heterocycles. The van der Waals surface area contributed by atoms with Crippen molar-refractivity contribution in [1.29, 1.82) is 0 Å². The van der Waals surface area contributed by atoms with Gasteiger partial charge in [-0.1, -0.05) is 41.5 Å². The minimum Gasteiger partial charge on any atom is -0.481 e. The van der Waals surface area contributed by atoms with Crippen LogP contribution in [0.4, 0.5) is 0 Å². The molecule has 0 saturated carbocycles. The lowest BCUT2D eigenvalue weighted by Crippen LogP contribution is -2.62. The Kier molecular flexibility index (Phi) is 27.0. The fourth-order valence-electron chi connectivity index (χ4n) is 6.26. The van der Waals surface area contributed by atoms with Gasteiger partial charge in [0.25, 0.3) is 0 Å². The summed E-state index contributed by atoms with van der Waals surface area (Å²) in [6.45, 7) is 10.1. The topological polar surface area (TPSA) is 509 Å². The van der Waals surface area contributed by atoms with E-state index in [1.807, 2.05) is 5.32 Å². The molecule has 400 valence electrons. The molecule has 30 nitrogen and oxygen atoms in total. The molecule has 0 fully saturated rings. The first-order valence-corrected chi connectivity index (χ1v) is 21.9. The third-order valence-electron chi connectivity index (χ3n) is 9.95. The van der Waals surface area contributed by atoms with E-state index in [1.165, 1.54) is 27.7 Å². The summed E-state index contributed by atoms with van der Waals surface area (Å²) in [5.41, 5.74) is 10.6. The number of hydrogen-bond donors (Lipinski definition) is 16. The molecule has 0 aliphatic heterocycles. The van der Waals surface area contributed by atoms with Crippen molar-refractivity contribution in [2.24, 2.45) is 29.2 Å². The molecule has 71 heavy (non-hydrogen) atoms. The highest BCUT2D eigenvalue weighted by Gasteiger charge is 2.38. The normalized spacial score (nSPS) is 15.3. The SMILES string of the molecule is CC(C)C[C@H](NC(=O)[C@@H](NC(=O)[C@@H](NC(=O)[C@H](CC(=O)O)NC(=O)[C@H](CCC(=O)O)NC(=O)[C@@H](NC(=O)[C@@H](N)CC(N)=O)[C@@H](C)O)C(C)C)C(C)C)C(=O)N[C@@H](CC(=O)O)C(=O)N[C@@H](CC(=O)O)C(=O)O. The number of aliphatic hydroxyl groups is 1. The van der Waals surface area contributed by atoms with Crippen LogP contribution in [-0.2, 0) is 67.1 Å². The van der Waals surface area contributed by atoms with Crippen LogP contribution in [0.15, 0.2) is 0 Å². The number of aliphatic carboxylic acids is 5. The Bertz CT molecular complexity index is 2000. The second-order valence-electron chi connectivity index (χ2n) is 17.5. The molecule has 9 amide bonds. The Morgan fingerprint density at radius 1 is 0.408 bits per heavy atom. The van der Waals surface area contributed by atoms with E-state index >= 15 is 0 Å². The Morgan fingerprint density at radius 3 is 1.14 bits per heavy atom. The average Bonchev–Trinajstić information content (AvgIpc) is 3.22. The van der Waals surface area contributed by atoms with Gasteiger partial charge >= 0.3 is 29.8 Å².